The topological polar surface area (TPSA) is 43.9 Å². The van der Waals surface area contributed by atoms with Crippen LogP contribution in [0.1, 0.15) is 49.4 Å². The highest BCUT2D eigenvalue weighted by molar-refractivity contribution is 5.94. The molecule has 1 amide bonds. The Labute approximate surface area is 161 Å². The minimum Gasteiger partial charge on any atom is -0.367 e. The molecule has 6 heteroatoms. The lowest BCUT2D eigenvalue weighted by Gasteiger charge is -2.37. The Morgan fingerprint density at radius 3 is 2.37 bits per heavy atom. The highest BCUT2D eigenvalue weighted by atomic mass is 19.1. The van der Waals surface area contributed by atoms with E-state index in [1.165, 1.54) is 32.3 Å². The van der Waals surface area contributed by atoms with Crippen molar-refractivity contribution in [3.63, 3.8) is 0 Å². The Morgan fingerprint density at radius 1 is 1.11 bits per heavy atom. The van der Waals surface area contributed by atoms with E-state index in [-0.39, 0.29) is 17.5 Å². The van der Waals surface area contributed by atoms with Gasteiger partial charge in [-0.3, -0.25) is 14.5 Å². The van der Waals surface area contributed by atoms with Crippen molar-refractivity contribution >= 4 is 17.4 Å². The van der Waals surface area contributed by atoms with Crippen LogP contribution in [0.5, 0.6) is 0 Å². The fraction of sp³-hybridized carbons (Fsp3) is 0.619. The first kappa shape index (κ1) is 19.8. The number of halogens is 1. The summed E-state index contributed by atoms with van der Waals surface area (Å²) >= 11 is 0. The maximum absolute atomic E-state index is 14.3. The molecule has 0 unspecified atom stereocenters. The number of amides is 1. The van der Waals surface area contributed by atoms with Crippen LogP contribution < -0.4 is 4.90 Å². The molecule has 2 fully saturated rings. The first-order valence-corrected chi connectivity index (χ1v) is 9.99. The fourth-order valence-corrected chi connectivity index (χ4v) is 4.10. The van der Waals surface area contributed by atoms with E-state index >= 15 is 0 Å². The second kappa shape index (κ2) is 8.83. The number of carbonyl (C=O) groups excluding carboxylic acids is 2. The number of likely N-dealkylation sites (N-methyl/N-ethyl adjacent to an activating group) is 1. The van der Waals surface area contributed by atoms with Crippen LogP contribution in [0.2, 0.25) is 0 Å². The zero-order valence-corrected chi connectivity index (χ0v) is 16.4. The summed E-state index contributed by atoms with van der Waals surface area (Å²) < 4.78 is 14.3. The first-order chi connectivity index (χ1) is 13.0. The van der Waals surface area contributed by atoms with Crippen molar-refractivity contribution in [1.29, 1.82) is 0 Å². The standard InChI is InChI=1S/C21H30FN3O2/c1-16(26)17-8-9-20(19(22)14-17)25-12-10-24(11-13-25)15-21(27)23(2)18-6-4-3-5-7-18/h8-9,14,18H,3-7,10-13,15H2,1-2H3. The Bertz CT molecular complexity index is 680. The molecule has 0 aromatic heterocycles. The van der Waals surface area contributed by atoms with Gasteiger partial charge in [-0.05, 0) is 38.0 Å². The third kappa shape index (κ3) is 4.86. The monoisotopic (exact) mass is 375 g/mol. The largest absolute Gasteiger partial charge is 0.367 e. The number of ketones is 1. The highest BCUT2D eigenvalue weighted by Gasteiger charge is 2.26. The fourth-order valence-electron chi connectivity index (χ4n) is 4.10. The van der Waals surface area contributed by atoms with Crippen molar-refractivity contribution < 1.29 is 14.0 Å². The summed E-state index contributed by atoms with van der Waals surface area (Å²) in [5.41, 5.74) is 0.927. The Morgan fingerprint density at radius 2 is 1.78 bits per heavy atom. The molecule has 1 heterocycles. The molecule has 1 aromatic rings. The van der Waals surface area contributed by atoms with E-state index in [1.807, 2.05) is 16.8 Å². The zero-order chi connectivity index (χ0) is 19.4. The van der Waals surface area contributed by atoms with Gasteiger partial charge in [-0.15, -0.1) is 0 Å². The molecule has 0 atom stereocenters. The second-order valence-electron chi connectivity index (χ2n) is 7.78. The van der Waals surface area contributed by atoms with Crippen LogP contribution >= 0.6 is 0 Å². The second-order valence-corrected chi connectivity index (χ2v) is 7.78. The molecule has 1 aliphatic carbocycles. The molecule has 1 saturated carbocycles. The van der Waals surface area contributed by atoms with Crippen molar-refractivity contribution in [2.75, 3.05) is 44.7 Å². The van der Waals surface area contributed by atoms with E-state index in [0.717, 1.165) is 25.9 Å². The summed E-state index contributed by atoms with van der Waals surface area (Å²) in [7, 11) is 1.93. The van der Waals surface area contributed by atoms with Crippen molar-refractivity contribution in [2.24, 2.45) is 0 Å². The van der Waals surface area contributed by atoms with Gasteiger partial charge in [-0.25, -0.2) is 4.39 Å². The number of anilines is 1. The molecule has 0 spiro atoms. The molecule has 27 heavy (non-hydrogen) atoms. The van der Waals surface area contributed by atoms with Gasteiger partial charge < -0.3 is 9.80 Å². The van der Waals surface area contributed by atoms with E-state index in [9.17, 15) is 14.0 Å². The summed E-state index contributed by atoms with van der Waals surface area (Å²) in [6.07, 6.45) is 5.95. The molecule has 0 bridgehead atoms. The van der Waals surface area contributed by atoms with E-state index in [2.05, 4.69) is 4.90 Å². The molecule has 0 N–H and O–H groups in total. The van der Waals surface area contributed by atoms with Gasteiger partial charge in [0.2, 0.25) is 5.91 Å². The van der Waals surface area contributed by atoms with E-state index in [0.29, 0.717) is 36.9 Å². The summed E-state index contributed by atoms with van der Waals surface area (Å²) in [6, 6.07) is 5.06. The molecule has 1 aliphatic heterocycles. The maximum atomic E-state index is 14.3. The predicted octanol–water partition coefficient (Wildman–Crippen LogP) is 2.94. The molecule has 1 saturated heterocycles. The number of hydrogen-bond acceptors (Lipinski definition) is 4. The lowest BCUT2D eigenvalue weighted by molar-refractivity contribution is -0.133. The Hall–Kier alpha value is -1.95. The van der Waals surface area contributed by atoms with Crippen LogP contribution in [-0.2, 0) is 4.79 Å². The quantitative estimate of drug-likeness (QED) is 0.743. The van der Waals surface area contributed by atoms with E-state index in [4.69, 9.17) is 0 Å². The van der Waals surface area contributed by atoms with Gasteiger partial charge in [-0.1, -0.05) is 19.3 Å². The smallest absolute Gasteiger partial charge is 0.236 e. The SMILES string of the molecule is CC(=O)c1ccc(N2CCN(CC(=O)N(C)C3CCCCC3)CC2)c(F)c1. The highest BCUT2D eigenvalue weighted by Crippen LogP contribution is 2.23. The lowest BCUT2D eigenvalue weighted by Crippen LogP contribution is -2.51. The van der Waals surface area contributed by atoms with E-state index < -0.39 is 0 Å². The van der Waals surface area contributed by atoms with Crippen LogP contribution in [0.25, 0.3) is 0 Å². The normalized spacial score (nSPS) is 19.1. The van der Waals surface area contributed by atoms with Gasteiger partial charge in [0.15, 0.2) is 5.78 Å². The number of benzene rings is 1. The number of nitrogens with zero attached hydrogens (tertiary/aromatic N) is 3. The molecule has 3 rings (SSSR count). The van der Waals surface area contributed by atoms with Gasteiger partial charge in [0.05, 0.1) is 12.2 Å². The van der Waals surface area contributed by atoms with Crippen molar-refractivity contribution in [3.05, 3.63) is 29.6 Å². The predicted molar refractivity (Wildman–Crippen MR) is 105 cm³/mol. The summed E-state index contributed by atoms with van der Waals surface area (Å²) in [6.45, 7) is 4.70. The van der Waals surface area contributed by atoms with Crippen LogP contribution in [0.3, 0.4) is 0 Å². The molecule has 148 valence electrons. The van der Waals surface area contributed by atoms with Crippen LogP contribution in [0, 0.1) is 5.82 Å². The first-order valence-electron chi connectivity index (χ1n) is 9.99. The lowest BCUT2D eigenvalue weighted by atomic mass is 9.94. The van der Waals surface area contributed by atoms with Gasteiger partial charge in [0.1, 0.15) is 5.82 Å². The Kier molecular flexibility index (Phi) is 6.47. The molecule has 5 nitrogen and oxygen atoms in total. The molecule has 0 radical (unpaired) electrons. The third-order valence-corrected chi connectivity index (χ3v) is 5.94. The maximum Gasteiger partial charge on any atom is 0.236 e. The van der Waals surface area contributed by atoms with Crippen molar-refractivity contribution in [2.45, 2.75) is 45.1 Å². The van der Waals surface area contributed by atoms with Crippen molar-refractivity contribution in [1.82, 2.24) is 9.80 Å². The molecular weight excluding hydrogens is 345 g/mol. The average molecular weight is 375 g/mol. The number of Topliss-reactive ketones (excluding diaryl/α,β-unsaturated/α-hetero) is 1. The van der Waals surface area contributed by atoms with Crippen LogP contribution in [0.4, 0.5) is 10.1 Å². The molecule has 2 aliphatic rings. The minimum absolute atomic E-state index is 0.133. The Balaban J connectivity index is 1.51. The van der Waals surface area contributed by atoms with Crippen LogP contribution in [0.15, 0.2) is 18.2 Å². The number of carbonyl (C=O) groups is 2. The molecular formula is C21H30FN3O2. The van der Waals surface area contributed by atoms with Crippen LogP contribution in [-0.4, -0.2) is 67.3 Å². The summed E-state index contributed by atoms with van der Waals surface area (Å²) in [5.74, 6) is -0.303. The summed E-state index contributed by atoms with van der Waals surface area (Å²) in [4.78, 5) is 30.1. The van der Waals surface area contributed by atoms with Crippen molar-refractivity contribution in [3.8, 4) is 0 Å². The van der Waals surface area contributed by atoms with Gasteiger partial charge in [0.25, 0.3) is 0 Å². The number of hydrogen-bond donors (Lipinski definition) is 0. The molecule has 1 aromatic carbocycles. The third-order valence-electron chi connectivity index (χ3n) is 5.94. The van der Waals surface area contributed by atoms with Gasteiger partial charge in [0, 0.05) is 44.8 Å². The van der Waals surface area contributed by atoms with Gasteiger partial charge in [-0.2, -0.15) is 0 Å². The van der Waals surface area contributed by atoms with Gasteiger partial charge >= 0.3 is 0 Å². The number of rotatable bonds is 5. The number of piperazine rings is 1. The average Bonchev–Trinajstić information content (AvgIpc) is 2.68. The summed E-state index contributed by atoms with van der Waals surface area (Å²) in [5, 5.41) is 0. The zero-order valence-electron chi connectivity index (χ0n) is 16.4. The minimum atomic E-state index is -0.357. The van der Waals surface area contributed by atoms with E-state index in [1.54, 1.807) is 12.1 Å².